The van der Waals surface area contributed by atoms with E-state index in [1.807, 2.05) is 43.3 Å². The number of thiophene rings is 1. The zero-order valence-corrected chi connectivity index (χ0v) is 14.6. The summed E-state index contributed by atoms with van der Waals surface area (Å²) in [4.78, 5) is 17.1. The van der Waals surface area contributed by atoms with Crippen molar-refractivity contribution in [3.05, 3.63) is 83.0 Å². The Balaban J connectivity index is 1.68. The third kappa shape index (κ3) is 3.19. The van der Waals surface area contributed by atoms with E-state index in [0.29, 0.717) is 18.1 Å². The molecule has 4 rings (SSSR count). The third-order valence-corrected chi connectivity index (χ3v) is 4.94. The Bertz CT molecular complexity index is 1020. The number of carbonyl (C=O) groups is 1. The van der Waals surface area contributed by atoms with E-state index in [4.69, 9.17) is 0 Å². The summed E-state index contributed by atoms with van der Waals surface area (Å²) in [6, 6.07) is 17.9. The number of fused-ring (bicyclic) bond motifs is 1. The van der Waals surface area contributed by atoms with Crippen LogP contribution >= 0.6 is 11.3 Å². The lowest BCUT2D eigenvalue weighted by Gasteiger charge is -2.11. The van der Waals surface area contributed by atoms with Crippen LogP contribution in [0.2, 0.25) is 0 Å². The number of nitrogens with zero attached hydrogens (tertiary/aromatic N) is 2. The minimum atomic E-state index is -0.143. The quantitative estimate of drug-likeness (QED) is 0.581. The van der Waals surface area contributed by atoms with Gasteiger partial charge >= 0.3 is 0 Å². The second-order valence-electron chi connectivity index (χ2n) is 5.95. The van der Waals surface area contributed by atoms with Crippen molar-refractivity contribution in [2.75, 3.05) is 5.32 Å². The fourth-order valence-corrected chi connectivity index (χ4v) is 3.65. The van der Waals surface area contributed by atoms with Crippen molar-refractivity contribution in [3.63, 3.8) is 0 Å². The van der Waals surface area contributed by atoms with Gasteiger partial charge in [-0.15, -0.1) is 11.3 Å². The first-order valence-corrected chi connectivity index (χ1v) is 8.93. The first-order chi connectivity index (χ1) is 12.2. The number of aryl methyl sites for hydroxylation is 1. The number of amides is 1. The zero-order valence-electron chi connectivity index (χ0n) is 13.8. The third-order valence-electron chi connectivity index (χ3n) is 4.09. The van der Waals surface area contributed by atoms with E-state index >= 15 is 0 Å². The minimum Gasteiger partial charge on any atom is -0.331 e. The molecule has 0 radical (unpaired) electrons. The van der Waals surface area contributed by atoms with Crippen molar-refractivity contribution >= 4 is 33.3 Å². The van der Waals surface area contributed by atoms with Gasteiger partial charge in [-0.2, -0.15) is 0 Å². The zero-order chi connectivity index (χ0) is 17.2. The second-order valence-corrected chi connectivity index (χ2v) is 6.89. The highest BCUT2D eigenvalue weighted by molar-refractivity contribution is 7.17. The van der Waals surface area contributed by atoms with E-state index in [2.05, 4.69) is 38.4 Å². The Hall–Kier alpha value is -2.92. The molecule has 0 aliphatic carbocycles. The van der Waals surface area contributed by atoms with Gasteiger partial charge in [-0.3, -0.25) is 4.79 Å². The predicted octanol–water partition coefficient (Wildman–Crippen LogP) is 4.71. The first-order valence-electron chi connectivity index (χ1n) is 8.05. The largest absolute Gasteiger partial charge is 0.331 e. The molecule has 5 heteroatoms. The van der Waals surface area contributed by atoms with E-state index in [0.717, 1.165) is 21.3 Å². The normalized spacial score (nSPS) is 10.9. The highest BCUT2D eigenvalue weighted by Gasteiger charge is 2.17. The van der Waals surface area contributed by atoms with Crippen LogP contribution < -0.4 is 5.32 Å². The SMILES string of the molecule is Cc1ccc(NC(=O)c2cc3sccc3n2Cc2ccccc2)nc1. The van der Waals surface area contributed by atoms with Crippen LogP contribution in [0.25, 0.3) is 10.2 Å². The molecule has 0 atom stereocenters. The van der Waals surface area contributed by atoms with Crippen LogP contribution in [-0.4, -0.2) is 15.5 Å². The van der Waals surface area contributed by atoms with Gasteiger partial charge in [0.2, 0.25) is 0 Å². The van der Waals surface area contributed by atoms with E-state index in [9.17, 15) is 4.79 Å². The van der Waals surface area contributed by atoms with E-state index in [1.165, 1.54) is 0 Å². The molecule has 0 saturated carbocycles. The number of nitrogens with one attached hydrogen (secondary N) is 1. The molecule has 25 heavy (non-hydrogen) atoms. The van der Waals surface area contributed by atoms with Crippen molar-refractivity contribution in [3.8, 4) is 0 Å². The molecule has 124 valence electrons. The van der Waals surface area contributed by atoms with Crippen LogP contribution in [0.4, 0.5) is 5.82 Å². The molecule has 0 unspecified atom stereocenters. The van der Waals surface area contributed by atoms with Crippen LogP contribution in [0.15, 0.2) is 66.2 Å². The summed E-state index contributed by atoms with van der Waals surface area (Å²) in [7, 11) is 0. The Morgan fingerprint density at radius 3 is 2.76 bits per heavy atom. The monoisotopic (exact) mass is 347 g/mol. The Morgan fingerprint density at radius 1 is 1.16 bits per heavy atom. The fourth-order valence-electron chi connectivity index (χ4n) is 2.82. The van der Waals surface area contributed by atoms with Gasteiger partial charge in [-0.05, 0) is 41.6 Å². The number of benzene rings is 1. The highest BCUT2D eigenvalue weighted by Crippen LogP contribution is 2.26. The first kappa shape index (κ1) is 15.6. The van der Waals surface area contributed by atoms with Gasteiger partial charge in [0.15, 0.2) is 0 Å². The van der Waals surface area contributed by atoms with Gasteiger partial charge in [0.1, 0.15) is 11.5 Å². The molecule has 4 aromatic rings. The van der Waals surface area contributed by atoms with Gasteiger partial charge in [0.05, 0.1) is 10.2 Å². The molecule has 0 aliphatic rings. The number of hydrogen-bond acceptors (Lipinski definition) is 3. The second kappa shape index (κ2) is 6.53. The summed E-state index contributed by atoms with van der Waals surface area (Å²) in [6.45, 7) is 2.63. The number of anilines is 1. The molecule has 0 spiro atoms. The molecule has 0 bridgehead atoms. The van der Waals surface area contributed by atoms with Gasteiger partial charge in [0, 0.05) is 12.7 Å². The van der Waals surface area contributed by atoms with Crippen molar-refractivity contribution in [1.29, 1.82) is 0 Å². The molecule has 3 heterocycles. The van der Waals surface area contributed by atoms with Crippen LogP contribution in [0, 0.1) is 6.92 Å². The molecule has 0 saturated heterocycles. The number of rotatable bonds is 4. The van der Waals surface area contributed by atoms with Crippen molar-refractivity contribution in [2.45, 2.75) is 13.5 Å². The number of hydrogen-bond donors (Lipinski definition) is 1. The van der Waals surface area contributed by atoms with Gasteiger partial charge in [-0.1, -0.05) is 36.4 Å². The number of carbonyl (C=O) groups excluding carboxylic acids is 1. The maximum Gasteiger partial charge on any atom is 0.273 e. The summed E-state index contributed by atoms with van der Waals surface area (Å²) < 4.78 is 3.17. The standard InChI is InChI=1S/C20H17N3OS/c1-14-7-8-19(21-12-14)22-20(24)17-11-18-16(9-10-25-18)23(17)13-15-5-3-2-4-6-15/h2-12H,13H2,1H3,(H,21,22,24). The molecule has 1 aromatic carbocycles. The molecular formula is C20H17N3OS. The average molecular weight is 347 g/mol. The Kier molecular flexibility index (Phi) is 4.07. The highest BCUT2D eigenvalue weighted by atomic mass is 32.1. The summed E-state index contributed by atoms with van der Waals surface area (Å²) in [5, 5.41) is 4.95. The van der Waals surface area contributed by atoms with Gasteiger partial charge in [-0.25, -0.2) is 4.98 Å². The Morgan fingerprint density at radius 2 is 2.00 bits per heavy atom. The van der Waals surface area contributed by atoms with E-state index in [1.54, 1.807) is 17.5 Å². The summed E-state index contributed by atoms with van der Waals surface area (Å²) in [5.74, 6) is 0.419. The van der Waals surface area contributed by atoms with Crippen molar-refractivity contribution in [2.24, 2.45) is 0 Å². The summed E-state index contributed by atoms with van der Waals surface area (Å²) >= 11 is 1.64. The molecule has 4 nitrogen and oxygen atoms in total. The average Bonchev–Trinajstić information content (AvgIpc) is 3.21. The fraction of sp³-hybridized carbons (Fsp3) is 0.100. The van der Waals surface area contributed by atoms with Crippen LogP contribution in [0.1, 0.15) is 21.6 Å². The maximum absolute atomic E-state index is 12.8. The van der Waals surface area contributed by atoms with Crippen molar-refractivity contribution in [1.82, 2.24) is 9.55 Å². The molecule has 1 amide bonds. The minimum absolute atomic E-state index is 0.143. The molecule has 0 aliphatic heterocycles. The molecule has 1 N–H and O–H groups in total. The van der Waals surface area contributed by atoms with Crippen LogP contribution in [-0.2, 0) is 6.54 Å². The molecule has 0 fully saturated rings. The maximum atomic E-state index is 12.8. The molecule has 3 aromatic heterocycles. The predicted molar refractivity (Wildman–Crippen MR) is 102 cm³/mol. The summed E-state index contributed by atoms with van der Waals surface area (Å²) in [6.07, 6.45) is 1.75. The van der Waals surface area contributed by atoms with Crippen LogP contribution in [0.5, 0.6) is 0 Å². The van der Waals surface area contributed by atoms with Gasteiger partial charge < -0.3 is 9.88 Å². The lowest BCUT2D eigenvalue weighted by atomic mass is 10.2. The van der Waals surface area contributed by atoms with Crippen molar-refractivity contribution < 1.29 is 4.79 Å². The number of aromatic nitrogens is 2. The van der Waals surface area contributed by atoms with Gasteiger partial charge in [0.25, 0.3) is 5.91 Å². The van der Waals surface area contributed by atoms with Crippen LogP contribution in [0.3, 0.4) is 0 Å². The van der Waals surface area contributed by atoms with E-state index in [-0.39, 0.29) is 5.91 Å². The number of pyridine rings is 1. The lowest BCUT2D eigenvalue weighted by Crippen LogP contribution is -2.18. The smallest absolute Gasteiger partial charge is 0.273 e. The molecular weight excluding hydrogens is 330 g/mol. The lowest BCUT2D eigenvalue weighted by molar-refractivity contribution is 0.101. The topological polar surface area (TPSA) is 46.9 Å². The van der Waals surface area contributed by atoms with E-state index < -0.39 is 0 Å². The summed E-state index contributed by atoms with van der Waals surface area (Å²) in [5.41, 5.74) is 3.95. The Labute approximate surface area is 149 Å².